The molecule has 6 nitrogen and oxygen atoms in total. The molecule has 1 aromatic heterocycles. The Morgan fingerprint density at radius 1 is 1.14 bits per heavy atom. The SMILES string of the molecule is C=CCn1c([C@@H]2COc3ccccc3O2)nn(C[NH+]2CCCCCCC2)c1=S. The molecule has 150 valence electrons. The van der Waals surface area contributed by atoms with Crippen LogP contribution in [0.1, 0.15) is 44.0 Å². The Kier molecular flexibility index (Phi) is 6.12. The zero-order valence-corrected chi connectivity index (χ0v) is 17.1. The Labute approximate surface area is 171 Å². The molecule has 0 bridgehead atoms. The van der Waals surface area contributed by atoms with Crippen LogP contribution >= 0.6 is 12.2 Å². The minimum absolute atomic E-state index is 0.278. The Morgan fingerprint density at radius 2 is 1.86 bits per heavy atom. The number of nitrogens with zero attached hydrogens (tertiary/aromatic N) is 3. The summed E-state index contributed by atoms with van der Waals surface area (Å²) < 4.78 is 16.8. The fourth-order valence-corrected chi connectivity index (χ4v) is 4.30. The van der Waals surface area contributed by atoms with Crippen LogP contribution in [0.25, 0.3) is 0 Å². The molecule has 3 heterocycles. The zero-order chi connectivity index (χ0) is 19.3. The van der Waals surface area contributed by atoms with Crippen LogP contribution in [0, 0.1) is 4.77 Å². The van der Waals surface area contributed by atoms with Crippen LogP contribution in [-0.2, 0) is 13.2 Å². The number of fused-ring (bicyclic) bond motifs is 1. The lowest BCUT2D eigenvalue weighted by molar-refractivity contribution is -0.924. The average molecular weight is 402 g/mol. The van der Waals surface area contributed by atoms with Crippen molar-refractivity contribution in [2.75, 3.05) is 19.7 Å². The number of allylic oxidation sites excluding steroid dienone is 1. The van der Waals surface area contributed by atoms with E-state index in [1.165, 1.54) is 45.2 Å². The molecule has 1 N–H and O–H groups in total. The van der Waals surface area contributed by atoms with Crippen molar-refractivity contribution in [3.8, 4) is 11.5 Å². The third kappa shape index (κ3) is 4.15. The van der Waals surface area contributed by atoms with Crippen molar-refractivity contribution in [1.29, 1.82) is 0 Å². The van der Waals surface area contributed by atoms with Crippen molar-refractivity contribution in [3.63, 3.8) is 0 Å². The Bertz CT molecular complexity index is 868. The molecular weight excluding hydrogens is 372 g/mol. The summed E-state index contributed by atoms with van der Waals surface area (Å²) in [5.74, 6) is 2.33. The summed E-state index contributed by atoms with van der Waals surface area (Å²) in [6, 6.07) is 7.74. The highest BCUT2D eigenvalue weighted by Gasteiger charge is 2.28. The van der Waals surface area contributed by atoms with Crippen LogP contribution in [0.2, 0.25) is 0 Å². The highest BCUT2D eigenvalue weighted by Crippen LogP contribution is 2.35. The molecule has 28 heavy (non-hydrogen) atoms. The van der Waals surface area contributed by atoms with Gasteiger partial charge >= 0.3 is 0 Å². The summed E-state index contributed by atoms with van der Waals surface area (Å²) in [4.78, 5) is 1.55. The number of para-hydroxylation sites is 2. The quantitative estimate of drug-likeness (QED) is 0.618. The van der Waals surface area contributed by atoms with Crippen LogP contribution in [0.3, 0.4) is 0 Å². The van der Waals surface area contributed by atoms with Crippen molar-refractivity contribution in [3.05, 3.63) is 47.5 Å². The molecule has 1 aromatic carbocycles. The number of rotatable bonds is 5. The normalized spacial score (nSPS) is 20.4. The van der Waals surface area contributed by atoms with Crippen molar-refractivity contribution in [2.24, 2.45) is 0 Å². The Morgan fingerprint density at radius 3 is 2.61 bits per heavy atom. The number of nitrogens with one attached hydrogen (secondary N) is 1. The summed E-state index contributed by atoms with van der Waals surface area (Å²) in [7, 11) is 0. The lowest BCUT2D eigenvalue weighted by Gasteiger charge is -2.25. The van der Waals surface area contributed by atoms with Gasteiger partial charge in [-0.1, -0.05) is 24.6 Å². The van der Waals surface area contributed by atoms with Crippen molar-refractivity contribution in [1.82, 2.24) is 14.3 Å². The molecule has 0 radical (unpaired) electrons. The first-order chi connectivity index (χ1) is 13.8. The van der Waals surface area contributed by atoms with Crippen molar-refractivity contribution < 1.29 is 14.4 Å². The van der Waals surface area contributed by atoms with Gasteiger partial charge in [0.25, 0.3) is 0 Å². The first-order valence-electron chi connectivity index (χ1n) is 10.3. The molecule has 7 heteroatoms. The van der Waals surface area contributed by atoms with Crippen LogP contribution in [0.15, 0.2) is 36.9 Å². The van der Waals surface area contributed by atoms with Gasteiger partial charge in [0, 0.05) is 6.54 Å². The summed E-state index contributed by atoms with van der Waals surface area (Å²) in [6.45, 7) is 8.10. The largest absolute Gasteiger partial charge is 0.485 e. The summed E-state index contributed by atoms with van der Waals surface area (Å²) in [6.07, 6.45) is 8.16. The van der Waals surface area contributed by atoms with E-state index in [2.05, 4.69) is 6.58 Å². The maximum Gasteiger partial charge on any atom is 0.203 e. The minimum Gasteiger partial charge on any atom is -0.485 e. The second-order valence-corrected chi connectivity index (χ2v) is 7.94. The van der Waals surface area contributed by atoms with E-state index >= 15 is 0 Å². The number of hydrogen-bond acceptors (Lipinski definition) is 4. The van der Waals surface area contributed by atoms with Gasteiger partial charge in [-0.25, -0.2) is 0 Å². The zero-order valence-electron chi connectivity index (χ0n) is 16.3. The van der Waals surface area contributed by atoms with Crippen LogP contribution in [-0.4, -0.2) is 34.0 Å². The fourth-order valence-electron chi connectivity index (χ4n) is 4.02. The third-order valence-electron chi connectivity index (χ3n) is 5.49. The summed E-state index contributed by atoms with van der Waals surface area (Å²) >= 11 is 5.76. The van der Waals surface area contributed by atoms with Gasteiger partial charge in [0.15, 0.2) is 30.1 Å². The molecule has 0 unspecified atom stereocenters. The molecule has 2 aliphatic heterocycles. The van der Waals surface area contributed by atoms with Gasteiger partial charge in [-0.3, -0.25) is 4.57 Å². The number of likely N-dealkylation sites (tertiary alicyclic amines) is 1. The van der Waals surface area contributed by atoms with E-state index < -0.39 is 0 Å². The lowest BCUT2D eigenvalue weighted by atomic mass is 10.1. The molecule has 1 atom stereocenters. The van der Waals surface area contributed by atoms with Crippen LogP contribution in [0.5, 0.6) is 11.5 Å². The van der Waals surface area contributed by atoms with Gasteiger partial charge in [0.1, 0.15) is 6.61 Å². The number of ether oxygens (including phenoxy) is 2. The molecule has 0 saturated carbocycles. The minimum atomic E-state index is -0.278. The molecule has 0 aliphatic carbocycles. The summed E-state index contributed by atoms with van der Waals surface area (Å²) in [5.41, 5.74) is 0. The molecule has 1 saturated heterocycles. The summed E-state index contributed by atoms with van der Waals surface area (Å²) in [5, 5.41) is 4.87. The number of hydrogen-bond donors (Lipinski definition) is 1. The molecule has 0 amide bonds. The lowest BCUT2D eigenvalue weighted by Crippen LogP contribution is -3.11. The molecule has 4 rings (SSSR count). The van der Waals surface area contributed by atoms with Gasteiger partial charge in [0.05, 0.1) is 13.1 Å². The van der Waals surface area contributed by atoms with Crippen LogP contribution < -0.4 is 14.4 Å². The van der Waals surface area contributed by atoms with E-state index in [1.54, 1.807) is 4.90 Å². The Balaban J connectivity index is 1.58. The fraction of sp³-hybridized carbons (Fsp3) is 0.524. The number of benzene rings is 1. The second-order valence-electron chi connectivity index (χ2n) is 7.58. The van der Waals surface area contributed by atoms with E-state index in [1.807, 2.05) is 39.6 Å². The standard InChI is InChI=1S/C21H28N4O2S/c1-2-12-24-20(19-15-26-17-10-6-7-11-18(17)27-19)22-25(21(24)28)16-23-13-8-4-3-5-9-14-23/h2,6-7,10-11,19H,1,3-5,8-9,12-16H2/p+1/t19-/m0/s1. The van der Waals surface area contributed by atoms with E-state index in [9.17, 15) is 0 Å². The third-order valence-corrected chi connectivity index (χ3v) is 5.92. The van der Waals surface area contributed by atoms with Crippen molar-refractivity contribution >= 4 is 12.2 Å². The van der Waals surface area contributed by atoms with E-state index in [4.69, 9.17) is 26.8 Å². The van der Waals surface area contributed by atoms with Gasteiger partial charge in [-0.15, -0.1) is 11.7 Å². The Hall–Kier alpha value is -2.12. The average Bonchev–Trinajstić information content (AvgIpc) is 2.99. The van der Waals surface area contributed by atoms with Gasteiger partial charge < -0.3 is 14.4 Å². The van der Waals surface area contributed by atoms with E-state index in [0.717, 1.165) is 28.8 Å². The van der Waals surface area contributed by atoms with Gasteiger partial charge in [-0.2, -0.15) is 4.68 Å². The molecule has 1 fully saturated rings. The van der Waals surface area contributed by atoms with Gasteiger partial charge in [-0.05, 0) is 50.0 Å². The van der Waals surface area contributed by atoms with E-state index in [0.29, 0.717) is 13.2 Å². The maximum absolute atomic E-state index is 6.19. The number of quaternary nitrogens is 1. The first kappa shape index (κ1) is 19.2. The van der Waals surface area contributed by atoms with Crippen molar-refractivity contribution in [2.45, 2.75) is 51.4 Å². The molecular formula is C21H29N4O2S+. The van der Waals surface area contributed by atoms with Gasteiger partial charge in [0.2, 0.25) is 4.77 Å². The maximum atomic E-state index is 6.19. The highest BCUT2D eigenvalue weighted by molar-refractivity contribution is 7.71. The second kappa shape index (κ2) is 8.92. The highest BCUT2D eigenvalue weighted by atomic mass is 32.1. The predicted molar refractivity (Wildman–Crippen MR) is 110 cm³/mol. The van der Waals surface area contributed by atoms with E-state index in [-0.39, 0.29) is 6.10 Å². The molecule has 0 spiro atoms. The smallest absolute Gasteiger partial charge is 0.203 e. The molecule has 2 aliphatic rings. The van der Waals surface area contributed by atoms with Crippen LogP contribution in [0.4, 0.5) is 0 Å². The monoisotopic (exact) mass is 401 g/mol. The topological polar surface area (TPSA) is 45.6 Å². The molecule has 2 aromatic rings. The first-order valence-corrected chi connectivity index (χ1v) is 10.7. The predicted octanol–water partition coefficient (Wildman–Crippen LogP) is 2.92. The number of aromatic nitrogens is 3.